The van der Waals surface area contributed by atoms with E-state index in [0.29, 0.717) is 18.9 Å². The zero-order valence-electron chi connectivity index (χ0n) is 17.4. The highest BCUT2D eigenvalue weighted by Crippen LogP contribution is 2.16. The monoisotopic (exact) mass is 401 g/mol. The van der Waals surface area contributed by atoms with Crippen molar-refractivity contribution in [3.8, 4) is 0 Å². The molecule has 7 heteroatoms. The molecule has 152 valence electrons. The third-order valence-corrected chi connectivity index (χ3v) is 5.32. The molecule has 0 fully saturated rings. The Morgan fingerprint density at radius 1 is 1.25 bits per heavy atom. The SMILES string of the molecule is CN=C(NCCc1nc(C)c(C)s1)NCc1cccc(NC(=O)CC(C)C)c1. The number of hydrogen-bond donors (Lipinski definition) is 3. The van der Waals surface area contributed by atoms with E-state index in [-0.39, 0.29) is 5.91 Å². The Kier molecular flexibility index (Phi) is 8.44. The number of anilines is 1. The Morgan fingerprint density at radius 3 is 2.68 bits per heavy atom. The summed E-state index contributed by atoms with van der Waals surface area (Å²) in [5.74, 6) is 1.14. The fourth-order valence-electron chi connectivity index (χ4n) is 2.68. The first-order chi connectivity index (χ1) is 13.4. The Morgan fingerprint density at radius 2 is 2.04 bits per heavy atom. The number of thiazole rings is 1. The fraction of sp³-hybridized carbons (Fsp3) is 0.476. The van der Waals surface area contributed by atoms with Crippen LogP contribution in [0.15, 0.2) is 29.3 Å². The van der Waals surface area contributed by atoms with Crippen molar-refractivity contribution >= 4 is 28.9 Å². The zero-order valence-corrected chi connectivity index (χ0v) is 18.2. The highest BCUT2D eigenvalue weighted by molar-refractivity contribution is 7.11. The molecule has 0 spiro atoms. The van der Waals surface area contributed by atoms with E-state index in [1.807, 2.05) is 45.0 Å². The number of rotatable bonds is 8. The van der Waals surface area contributed by atoms with Crippen molar-refractivity contribution < 1.29 is 4.79 Å². The van der Waals surface area contributed by atoms with Gasteiger partial charge < -0.3 is 16.0 Å². The van der Waals surface area contributed by atoms with E-state index < -0.39 is 0 Å². The third-order valence-electron chi connectivity index (χ3n) is 4.19. The van der Waals surface area contributed by atoms with Gasteiger partial charge in [-0.1, -0.05) is 26.0 Å². The average molecular weight is 402 g/mol. The largest absolute Gasteiger partial charge is 0.356 e. The first-order valence-corrected chi connectivity index (χ1v) is 10.4. The summed E-state index contributed by atoms with van der Waals surface area (Å²) in [7, 11) is 1.76. The lowest BCUT2D eigenvalue weighted by atomic mass is 10.1. The number of carbonyl (C=O) groups is 1. The standard InChI is InChI=1S/C21H31N5OS/c1-14(2)11-19(27)26-18-8-6-7-17(12-18)13-24-21(22-5)23-10-9-20-25-15(3)16(4)28-20/h6-8,12,14H,9-11,13H2,1-5H3,(H,26,27)(H2,22,23,24). The van der Waals surface area contributed by atoms with Crippen LogP contribution in [0.2, 0.25) is 0 Å². The summed E-state index contributed by atoms with van der Waals surface area (Å²) in [6, 6.07) is 7.87. The molecule has 3 N–H and O–H groups in total. The van der Waals surface area contributed by atoms with Gasteiger partial charge in [-0.2, -0.15) is 0 Å². The van der Waals surface area contributed by atoms with E-state index in [1.54, 1.807) is 18.4 Å². The summed E-state index contributed by atoms with van der Waals surface area (Å²) in [4.78, 5) is 22.0. The van der Waals surface area contributed by atoms with Gasteiger partial charge in [0.1, 0.15) is 0 Å². The van der Waals surface area contributed by atoms with Crippen LogP contribution < -0.4 is 16.0 Å². The number of aliphatic imine (C=N–C) groups is 1. The van der Waals surface area contributed by atoms with Gasteiger partial charge >= 0.3 is 0 Å². The minimum absolute atomic E-state index is 0.0465. The molecular weight excluding hydrogens is 370 g/mol. The second-order valence-electron chi connectivity index (χ2n) is 7.20. The number of hydrogen-bond acceptors (Lipinski definition) is 4. The molecule has 0 unspecified atom stereocenters. The Balaban J connectivity index is 1.80. The van der Waals surface area contributed by atoms with Crippen molar-refractivity contribution in [3.05, 3.63) is 45.4 Å². The van der Waals surface area contributed by atoms with E-state index in [0.717, 1.165) is 40.9 Å². The number of guanidine groups is 1. The van der Waals surface area contributed by atoms with Crippen LogP contribution in [0.1, 0.15) is 41.4 Å². The van der Waals surface area contributed by atoms with Crippen molar-refractivity contribution in [1.82, 2.24) is 15.6 Å². The van der Waals surface area contributed by atoms with Crippen LogP contribution in [0, 0.1) is 19.8 Å². The highest BCUT2D eigenvalue weighted by atomic mass is 32.1. The summed E-state index contributed by atoms with van der Waals surface area (Å²) in [6.45, 7) is 9.62. The summed E-state index contributed by atoms with van der Waals surface area (Å²) in [5, 5.41) is 10.7. The van der Waals surface area contributed by atoms with Gasteiger partial charge in [0, 0.05) is 43.5 Å². The smallest absolute Gasteiger partial charge is 0.224 e. The summed E-state index contributed by atoms with van der Waals surface area (Å²) < 4.78 is 0. The second-order valence-corrected chi connectivity index (χ2v) is 8.49. The molecule has 2 rings (SSSR count). The van der Waals surface area contributed by atoms with Crippen LogP contribution in [-0.2, 0) is 17.8 Å². The molecule has 0 aliphatic heterocycles. The number of amides is 1. The number of aromatic nitrogens is 1. The molecule has 1 heterocycles. The lowest BCUT2D eigenvalue weighted by Gasteiger charge is -2.13. The van der Waals surface area contributed by atoms with Gasteiger partial charge in [0.2, 0.25) is 5.91 Å². The molecule has 28 heavy (non-hydrogen) atoms. The predicted molar refractivity (Wildman–Crippen MR) is 118 cm³/mol. The summed E-state index contributed by atoms with van der Waals surface area (Å²) in [6.07, 6.45) is 1.40. The molecule has 0 radical (unpaired) electrons. The quantitative estimate of drug-likeness (QED) is 0.466. The molecule has 6 nitrogen and oxygen atoms in total. The highest BCUT2D eigenvalue weighted by Gasteiger charge is 2.07. The number of carbonyl (C=O) groups excluding carboxylic acids is 1. The Hall–Kier alpha value is -2.41. The average Bonchev–Trinajstić information content (AvgIpc) is 2.95. The van der Waals surface area contributed by atoms with Crippen LogP contribution in [0.4, 0.5) is 5.69 Å². The zero-order chi connectivity index (χ0) is 20.5. The minimum atomic E-state index is 0.0465. The molecule has 0 bridgehead atoms. The van der Waals surface area contributed by atoms with Crippen molar-refractivity contribution in [1.29, 1.82) is 0 Å². The van der Waals surface area contributed by atoms with Gasteiger partial charge in [0.25, 0.3) is 0 Å². The lowest BCUT2D eigenvalue weighted by Crippen LogP contribution is -2.37. The van der Waals surface area contributed by atoms with E-state index in [1.165, 1.54) is 4.88 Å². The maximum Gasteiger partial charge on any atom is 0.224 e. The van der Waals surface area contributed by atoms with Crippen LogP contribution >= 0.6 is 11.3 Å². The fourth-order valence-corrected chi connectivity index (χ4v) is 3.62. The molecule has 1 aromatic heterocycles. The Bertz CT molecular complexity index is 793. The molecule has 0 aliphatic rings. The molecule has 1 amide bonds. The van der Waals surface area contributed by atoms with Crippen LogP contribution in [0.3, 0.4) is 0 Å². The summed E-state index contributed by atoms with van der Waals surface area (Å²) >= 11 is 1.75. The van der Waals surface area contributed by atoms with Crippen molar-refractivity contribution in [2.45, 2.75) is 47.1 Å². The molecule has 1 aromatic carbocycles. The summed E-state index contributed by atoms with van der Waals surface area (Å²) in [5.41, 5.74) is 3.02. The van der Waals surface area contributed by atoms with Crippen LogP contribution in [0.25, 0.3) is 0 Å². The van der Waals surface area contributed by atoms with E-state index in [9.17, 15) is 4.79 Å². The van der Waals surface area contributed by atoms with Gasteiger partial charge in [-0.3, -0.25) is 9.79 Å². The topological polar surface area (TPSA) is 78.4 Å². The first-order valence-electron chi connectivity index (χ1n) is 9.63. The van der Waals surface area contributed by atoms with Gasteiger partial charge in [-0.05, 0) is 37.5 Å². The van der Waals surface area contributed by atoms with E-state index in [2.05, 4.69) is 32.9 Å². The Labute approximate surface area is 171 Å². The number of benzene rings is 1. The van der Waals surface area contributed by atoms with E-state index in [4.69, 9.17) is 0 Å². The van der Waals surface area contributed by atoms with E-state index >= 15 is 0 Å². The number of nitrogens with zero attached hydrogens (tertiary/aromatic N) is 2. The lowest BCUT2D eigenvalue weighted by molar-refractivity contribution is -0.116. The molecule has 2 aromatic rings. The first kappa shape index (κ1) is 21.9. The van der Waals surface area contributed by atoms with Gasteiger partial charge in [-0.25, -0.2) is 4.98 Å². The predicted octanol–water partition coefficient (Wildman–Crippen LogP) is 3.65. The number of nitrogens with one attached hydrogen (secondary N) is 3. The van der Waals surface area contributed by atoms with Crippen molar-refractivity contribution in [3.63, 3.8) is 0 Å². The molecular formula is C21H31N5OS. The molecule has 0 atom stereocenters. The van der Waals surface area contributed by atoms with Gasteiger partial charge in [0.05, 0.1) is 10.7 Å². The van der Waals surface area contributed by atoms with Gasteiger partial charge in [0.15, 0.2) is 5.96 Å². The maximum atomic E-state index is 11.9. The van der Waals surface area contributed by atoms with Crippen LogP contribution in [0.5, 0.6) is 0 Å². The number of aryl methyl sites for hydroxylation is 2. The molecule has 0 aliphatic carbocycles. The van der Waals surface area contributed by atoms with Crippen molar-refractivity contribution in [2.75, 3.05) is 18.9 Å². The molecule has 0 saturated heterocycles. The normalized spacial score (nSPS) is 11.6. The van der Waals surface area contributed by atoms with Crippen LogP contribution in [-0.4, -0.2) is 30.4 Å². The maximum absolute atomic E-state index is 11.9. The third kappa shape index (κ3) is 7.31. The molecule has 0 saturated carbocycles. The van der Waals surface area contributed by atoms with Crippen molar-refractivity contribution in [2.24, 2.45) is 10.9 Å². The second kappa shape index (κ2) is 10.8. The minimum Gasteiger partial charge on any atom is -0.356 e. The van der Waals surface area contributed by atoms with Gasteiger partial charge in [-0.15, -0.1) is 11.3 Å².